The molecule has 0 atom stereocenters. The third kappa shape index (κ3) is 3.05. The predicted octanol–water partition coefficient (Wildman–Crippen LogP) is 2.84. The molecule has 19 heavy (non-hydrogen) atoms. The summed E-state index contributed by atoms with van der Waals surface area (Å²) in [4.78, 5) is 15.3. The first-order valence-corrected chi connectivity index (χ1v) is 6.25. The SMILES string of the molecule is Cc1ncc(CNc2ccc([N+](=O)[O-])c(C#N)c2)s1. The highest BCUT2D eigenvalue weighted by molar-refractivity contribution is 7.11. The summed E-state index contributed by atoms with van der Waals surface area (Å²) >= 11 is 1.58. The van der Waals surface area contributed by atoms with Crippen LogP contribution in [0.5, 0.6) is 0 Å². The molecule has 1 aromatic heterocycles. The van der Waals surface area contributed by atoms with Crippen molar-refractivity contribution < 1.29 is 4.92 Å². The number of hydrogen-bond acceptors (Lipinski definition) is 6. The maximum atomic E-state index is 10.7. The standard InChI is InChI=1S/C12H10N4O2S/c1-8-14-6-11(19-8)7-15-10-2-3-12(16(17)18)9(4-10)5-13/h2-4,6,15H,7H2,1H3. The van der Waals surface area contributed by atoms with E-state index in [1.165, 1.54) is 12.1 Å². The van der Waals surface area contributed by atoms with Crippen LogP contribution in [0.2, 0.25) is 0 Å². The van der Waals surface area contributed by atoms with Crippen molar-refractivity contribution in [1.29, 1.82) is 5.26 Å². The Hall–Kier alpha value is -2.46. The third-order valence-corrected chi connectivity index (χ3v) is 3.36. The summed E-state index contributed by atoms with van der Waals surface area (Å²) in [5, 5.41) is 23.7. The minimum absolute atomic E-state index is 0.0514. The number of aryl methyl sites for hydroxylation is 1. The molecular formula is C12H10N4O2S. The highest BCUT2D eigenvalue weighted by Crippen LogP contribution is 2.22. The van der Waals surface area contributed by atoms with E-state index >= 15 is 0 Å². The largest absolute Gasteiger partial charge is 0.380 e. The first-order valence-electron chi connectivity index (χ1n) is 5.44. The molecule has 2 rings (SSSR count). The van der Waals surface area contributed by atoms with Crippen molar-refractivity contribution in [3.05, 3.63) is 50.0 Å². The quantitative estimate of drug-likeness (QED) is 0.683. The monoisotopic (exact) mass is 274 g/mol. The molecule has 0 aliphatic rings. The third-order valence-electron chi connectivity index (χ3n) is 2.45. The minimum atomic E-state index is -0.561. The molecule has 1 aromatic carbocycles. The van der Waals surface area contributed by atoms with Gasteiger partial charge < -0.3 is 5.32 Å². The van der Waals surface area contributed by atoms with E-state index in [1.54, 1.807) is 23.6 Å². The topological polar surface area (TPSA) is 91.8 Å². The second-order valence-corrected chi connectivity index (χ2v) is 5.12. The molecule has 0 aliphatic carbocycles. The molecule has 0 unspecified atom stereocenters. The number of nitriles is 1. The van der Waals surface area contributed by atoms with Gasteiger partial charge in [-0.2, -0.15) is 5.26 Å². The normalized spacial score (nSPS) is 9.89. The molecule has 0 amide bonds. The molecule has 2 aromatic rings. The van der Waals surface area contributed by atoms with Crippen LogP contribution in [0.1, 0.15) is 15.4 Å². The second kappa shape index (κ2) is 5.46. The lowest BCUT2D eigenvalue weighted by Crippen LogP contribution is -1.99. The Morgan fingerprint density at radius 3 is 2.95 bits per heavy atom. The van der Waals surface area contributed by atoms with Crippen molar-refractivity contribution in [3.8, 4) is 6.07 Å². The van der Waals surface area contributed by atoms with Crippen LogP contribution in [0, 0.1) is 28.4 Å². The second-order valence-electron chi connectivity index (χ2n) is 3.80. The van der Waals surface area contributed by atoms with E-state index in [4.69, 9.17) is 5.26 Å². The van der Waals surface area contributed by atoms with Crippen LogP contribution in [0.4, 0.5) is 11.4 Å². The van der Waals surface area contributed by atoms with Gasteiger partial charge in [-0.1, -0.05) is 0 Å². The van der Waals surface area contributed by atoms with Gasteiger partial charge in [-0.15, -0.1) is 11.3 Å². The number of hydrogen-bond donors (Lipinski definition) is 1. The van der Waals surface area contributed by atoms with E-state index in [2.05, 4.69) is 10.3 Å². The summed E-state index contributed by atoms with van der Waals surface area (Å²) in [6.07, 6.45) is 1.78. The van der Waals surface area contributed by atoms with Gasteiger partial charge in [-0.3, -0.25) is 10.1 Å². The van der Waals surface area contributed by atoms with Crippen LogP contribution in [-0.2, 0) is 6.54 Å². The van der Waals surface area contributed by atoms with E-state index < -0.39 is 4.92 Å². The fourth-order valence-corrected chi connectivity index (χ4v) is 2.31. The predicted molar refractivity (Wildman–Crippen MR) is 72.0 cm³/mol. The van der Waals surface area contributed by atoms with Crippen molar-refractivity contribution in [1.82, 2.24) is 4.98 Å². The van der Waals surface area contributed by atoms with Gasteiger partial charge in [0.05, 0.1) is 16.5 Å². The lowest BCUT2D eigenvalue weighted by atomic mass is 10.2. The molecular weight excluding hydrogens is 264 g/mol. The molecule has 0 saturated carbocycles. The summed E-state index contributed by atoms with van der Waals surface area (Å²) in [7, 11) is 0. The number of nitro benzene ring substituents is 1. The van der Waals surface area contributed by atoms with Gasteiger partial charge in [0, 0.05) is 22.8 Å². The van der Waals surface area contributed by atoms with Crippen LogP contribution in [0.3, 0.4) is 0 Å². The smallest absolute Gasteiger partial charge is 0.287 e. The Kier molecular flexibility index (Phi) is 3.73. The van der Waals surface area contributed by atoms with Crippen molar-refractivity contribution in [2.75, 3.05) is 5.32 Å². The fraction of sp³-hybridized carbons (Fsp3) is 0.167. The van der Waals surface area contributed by atoms with Crippen molar-refractivity contribution in [3.63, 3.8) is 0 Å². The molecule has 0 aliphatic heterocycles. The highest BCUT2D eigenvalue weighted by Gasteiger charge is 2.13. The Balaban J connectivity index is 2.14. The zero-order valence-corrected chi connectivity index (χ0v) is 10.9. The van der Waals surface area contributed by atoms with Gasteiger partial charge >= 0.3 is 0 Å². The van der Waals surface area contributed by atoms with E-state index in [1.807, 2.05) is 13.0 Å². The molecule has 0 radical (unpaired) electrons. The zero-order valence-electron chi connectivity index (χ0n) is 10.1. The first-order chi connectivity index (χ1) is 9.10. The number of aromatic nitrogens is 1. The minimum Gasteiger partial charge on any atom is -0.380 e. The van der Waals surface area contributed by atoms with Gasteiger partial charge in [0.15, 0.2) is 0 Å². The molecule has 0 saturated heterocycles. The Morgan fingerprint density at radius 1 is 1.58 bits per heavy atom. The molecule has 0 fully saturated rings. The number of thiazole rings is 1. The van der Waals surface area contributed by atoms with Gasteiger partial charge in [0.2, 0.25) is 0 Å². The summed E-state index contributed by atoms with van der Waals surface area (Å²) in [6.45, 7) is 2.50. The average Bonchev–Trinajstić information content (AvgIpc) is 2.81. The lowest BCUT2D eigenvalue weighted by molar-refractivity contribution is -0.385. The van der Waals surface area contributed by atoms with Gasteiger partial charge in [0.1, 0.15) is 11.6 Å². The summed E-state index contributed by atoms with van der Waals surface area (Å²) in [5.74, 6) is 0. The molecule has 6 nitrogen and oxygen atoms in total. The molecule has 1 heterocycles. The number of nitrogens with one attached hydrogen (secondary N) is 1. The molecule has 0 bridgehead atoms. The van der Waals surface area contributed by atoms with Gasteiger partial charge in [-0.25, -0.2) is 4.98 Å². The van der Waals surface area contributed by atoms with Crippen LogP contribution < -0.4 is 5.32 Å². The molecule has 1 N–H and O–H groups in total. The van der Waals surface area contributed by atoms with E-state index in [9.17, 15) is 10.1 Å². The number of nitrogens with zero attached hydrogens (tertiary/aromatic N) is 3. The lowest BCUT2D eigenvalue weighted by Gasteiger charge is -2.04. The van der Waals surface area contributed by atoms with Gasteiger partial charge in [-0.05, 0) is 19.1 Å². The van der Waals surface area contributed by atoms with E-state index in [0.29, 0.717) is 12.2 Å². The summed E-state index contributed by atoms with van der Waals surface area (Å²) < 4.78 is 0. The van der Waals surface area contributed by atoms with Gasteiger partial charge in [0.25, 0.3) is 5.69 Å². The van der Waals surface area contributed by atoms with Crippen LogP contribution in [0.15, 0.2) is 24.4 Å². The molecule has 0 spiro atoms. The number of rotatable bonds is 4. The molecule has 7 heteroatoms. The zero-order chi connectivity index (χ0) is 13.8. The fourth-order valence-electron chi connectivity index (χ4n) is 1.57. The van der Waals surface area contributed by atoms with Crippen LogP contribution >= 0.6 is 11.3 Å². The maximum absolute atomic E-state index is 10.7. The maximum Gasteiger partial charge on any atom is 0.287 e. The van der Waals surface area contributed by atoms with Crippen LogP contribution in [0.25, 0.3) is 0 Å². The Morgan fingerprint density at radius 2 is 2.37 bits per heavy atom. The highest BCUT2D eigenvalue weighted by atomic mass is 32.1. The number of benzene rings is 1. The van der Waals surface area contributed by atoms with Crippen molar-refractivity contribution in [2.24, 2.45) is 0 Å². The number of anilines is 1. The first kappa shape index (κ1) is 13.0. The summed E-state index contributed by atoms with van der Waals surface area (Å²) in [6, 6.07) is 6.23. The Labute approximate surface area is 113 Å². The van der Waals surface area contributed by atoms with E-state index in [0.717, 1.165) is 9.88 Å². The summed E-state index contributed by atoms with van der Waals surface area (Å²) in [5.41, 5.74) is 0.547. The van der Waals surface area contributed by atoms with E-state index in [-0.39, 0.29) is 11.3 Å². The molecule has 96 valence electrons. The van der Waals surface area contributed by atoms with Crippen molar-refractivity contribution >= 4 is 22.7 Å². The van der Waals surface area contributed by atoms with Crippen molar-refractivity contribution in [2.45, 2.75) is 13.5 Å². The van der Waals surface area contributed by atoms with Crippen LogP contribution in [-0.4, -0.2) is 9.91 Å². The Bertz CT molecular complexity index is 660. The average molecular weight is 274 g/mol. The number of nitro groups is 1.